The molecule has 0 unspecified atom stereocenters. The normalized spacial score (nSPS) is 13.3. The zero-order chi connectivity index (χ0) is 15.5. The summed E-state index contributed by atoms with van der Waals surface area (Å²) >= 11 is 0. The lowest BCUT2D eigenvalue weighted by atomic mass is 10.2. The monoisotopic (exact) mass is 295 g/mol. The molecule has 1 aromatic carbocycles. The summed E-state index contributed by atoms with van der Waals surface area (Å²) in [5, 5.41) is 2.92. The maximum absolute atomic E-state index is 12.2. The van der Waals surface area contributed by atoms with E-state index in [-0.39, 0.29) is 5.91 Å². The molecule has 1 aliphatic rings. The molecule has 0 bridgehead atoms. The van der Waals surface area contributed by atoms with Crippen molar-refractivity contribution < 1.29 is 4.79 Å². The first kappa shape index (κ1) is 14.6. The Bertz CT molecular complexity index is 682. The Labute approximate surface area is 131 Å². The van der Waals surface area contributed by atoms with Crippen molar-refractivity contribution in [3.05, 3.63) is 53.9 Å². The molecule has 0 atom stereocenters. The number of para-hydroxylation sites is 1. The lowest BCUT2D eigenvalue weighted by Gasteiger charge is -2.20. The second kappa shape index (κ2) is 6.18. The highest BCUT2D eigenvalue weighted by molar-refractivity contribution is 5.93. The highest BCUT2D eigenvalue weighted by Gasteiger charge is 2.20. The number of nitrogens with zero attached hydrogens (tertiary/aromatic N) is 2. The molecule has 0 radical (unpaired) electrons. The molecule has 0 saturated heterocycles. The molecule has 2 heterocycles. The molecule has 0 aliphatic carbocycles. The fourth-order valence-electron chi connectivity index (χ4n) is 2.71. The van der Waals surface area contributed by atoms with Gasteiger partial charge in [0.05, 0.1) is 0 Å². The molecule has 4 nitrogen and oxygen atoms in total. The SMILES string of the molecule is CC(C)CNC(=O)c1cc(N2CCc3ccccc32)ccn1. The van der Waals surface area contributed by atoms with E-state index in [0.29, 0.717) is 18.2 Å². The van der Waals surface area contributed by atoms with Crippen LogP contribution in [0.1, 0.15) is 29.9 Å². The first-order valence-electron chi connectivity index (χ1n) is 7.75. The Morgan fingerprint density at radius 2 is 2.14 bits per heavy atom. The maximum Gasteiger partial charge on any atom is 0.269 e. The van der Waals surface area contributed by atoms with Crippen molar-refractivity contribution in [3.63, 3.8) is 0 Å². The van der Waals surface area contributed by atoms with Crippen LogP contribution in [-0.4, -0.2) is 24.0 Å². The third kappa shape index (κ3) is 2.96. The van der Waals surface area contributed by atoms with Gasteiger partial charge < -0.3 is 10.2 Å². The van der Waals surface area contributed by atoms with Crippen molar-refractivity contribution in [1.29, 1.82) is 0 Å². The molecule has 4 heteroatoms. The zero-order valence-electron chi connectivity index (χ0n) is 13.0. The van der Waals surface area contributed by atoms with Gasteiger partial charge in [0.2, 0.25) is 0 Å². The average Bonchev–Trinajstić information content (AvgIpc) is 2.96. The third-order valence-corrected chi connectivity index (χ3v) is 3.85. The van der Waals surface area contributed by atoms with E-state index in [0.717, 1.165) is 18.7 Å². The summed E-state index contributed by atoms with van der Waals surface area (Å²) in [6.45, 7) is 5.75. The summed E-state index contributed by atoms with van der Waals surface area (Å²) in [5.74, 6) is 0.320. The second-order valence-corrected chi connectivity index (χ2v) is 6.03. The topological polar surface area (TPSA) is 45.2 Å². The number of nitrogens with one attached hydrogen (secondary N) is 1. The number of aromatic nitrogens is 1. The van der Waals surface area contributed by atoms with Crippen molar-refractivity contribution in [2.75, 3.05) is 18.0 Å². The van der Waals surface area contributed by atoms with Crippen molar-refractivity contribution >= 4 is 17.3 Å². The van der Waals surface area contributed by atoms with Crippen LogP contribution in [-0.2, 0) is 6.42 Å². The van der Waals surface area contributed by atoms with E-state index < -0.39 is 0 Å². The van der Waals surface area contributed by atoms with E-state index >= 15 is 0 Å². The number of benzene rings is 1. The largest absolute Gasteiger partial charge is 0.350 e. The average molecular weight is 295 g/mol. The summed E-state index contributed by atoms with van der Waals surface area (Å²) in [5.41, 5.74) is 4.07. The Hall–Kier alpha value is -2.36. The third-order valence-electron chi connectivity index (χ3n) is 3.85. The standard InChI is InChI=1S/C18H21N3O/c1-13(2)12-20-18(22)16-11-15(7-9-19-16)21-10-8-14-5-3-4-6-17(14)21/h3-7,9,11,13H,8,10,12H2,1-2H3,(H,20,22). The summed E-state index contributed by atoms with van der Waals surface area (Å²) < 4.78 is 0. The van der Waals surface area contributed by atoms with Gasteiger partial charge in [-0.05, 0) is 36.1 Å². The van der Waals surface area contributed by atoms with Crippen LogP contribution in [0.4, 0.5) is 11.4 Å². The molecule has 22 heavy (non-hydrogen) atoms. The molecule has 114 valence electrons. The second-order valence-electron chi connectivity index (χ2n) is 6.03. The van der Waals surface area contributed by atoms with Gasteiger partial charge in [0, 0.05) is 30.7 Å². The first-order chi connectivity index (χ1) is 10.6. The summed E-state index contributed by atoms with van der Waals surface area (Å²) in [7, 11) is 0. The predicted molar refractivity (Wildman–Crippen MR) is 88.6 cm³/mol. The molecular formula is C18H21N3O. The van der Waals surface area contributed by atoms with E-state index in [2.05, 4.69) is 53.3 Å². The number of carbonyl (C=O) groups excluding carboxylic acids is 1. The number of fused-ring (bicyclic) bond motifs is 1. The molecule has 1 aliphatic heterocycles. The number of pyridine rings is 1. The van der Waals surface area contributed by atoms with E-state index in [4.69, 9.17) is 0 Å². The predicted octanol–water partition coefficient (Wildman–Crippen LogP) is 3.16. The highest BCUT2D eigenvalue weighted by Crippen LogP contribution is 2.34. The first-order valence-corrected chi connectivity index (χ1v) is 7.75. The van der Waals surface area contributed by atoms with Gasteiger partial charge in [-0.25, -0.2) is 0 Å². The van der Waals surface area contributed by atoms with Gasteiger partial charge in [-0.2, -0.15) is 0 Å². The van der Waals surface area contributed by atoms with Crippen molar-refractivity contribution in [2.24, 2.45) is 5.92 Å². The Balaban J connectivity index is 1.82. The zero-order valence-corrected chi connectivity index (χ0v) is 13.0. The van der Waals surface area contributed by atoms with Crippen molar-refractivity contribution in [3.8, 4) is 0 Å². The minimum atomic E-state index is -0.108. The van der Waals surface area contributed by atoms with Gasteiger partial charge in [0.1, 0.15) is 5.69 Å². The van der Waals surface area contributed by atoms with Gasteiger partial charge in [-0.15, -0.1) is 0 Å². The fraction of sp³-hybridized carbons (Fsp3) is 0.333. The van der Waals surface area contributed by atoms with E-state index in [1.54, 1.807) is 6.20 Å². The van der Waals surface area contributed by atoms with Crippen LogP contribution >= 0.6 is 0 Å². The van der Waals surface area contributed by atoms with Gasteiger partial charge in [0.15, 0.2) is 0 Å². The molecule has 3 rings (SSSR count). The van der Waals surface area contributed by atoms with Gasteiger partial charge in [-0.1, -0.05) is 32.0 Å². The van der Waals surface area contributed by atoms with E-state index in [1.807, 2.05) is 12.1 Å². The molecular weight excluding hydrogens is 274 g/mol. The van der Waals surface area contributed by atoms with Crippen LogP contribution in [0.15, 0.2) is 42.6 Å². The summed E-state index contributed by atoms with van der Waals surface area (Å²) in [6.07, 6.45) is 2.74. The molecule has 0 fully saturated rings. The summed E-state index contributed by atoms with van der Waals surface area (Å²) in [6, 6.07) is 12.2. The highest BCUT2D eigenvalue weighted by atomic mass is 16.1. The number of anilines is 2. The van der Waals surface area contributed by atoms with Crippen LogP contribution in [0.5, 0.6) is 0 Å². The number of amides is 1. The smallest absolute Gasteiger partial charge is 0.269 e. The van der Waals surface area contributed by atoms with Crippen LogP contribution in [0.2, 0.25) is 0 Å². The Morgan fingerprint density at radius 1 is 1.32 bits per heavy atom. The van der Waals surface area contributed by atoms with Crippen LogP contribution < -0.4 is 10.2 Å². The number of carbonyl (C=O) groups is 1. The molecule has 0 spiro atoms. The summed E-state index contributed by atoms with van der Waals surface area (Å²) in [4.78, 5) is 18.6. The van der Waals surface area contributed by atoms with Crippen LogP contribution in [0, 0.1) is 5.92 Å². The van der Waals surface area contributed by atoms with E-state index in [9.17, 15) is 4.79 Å². The lowest BCUT2D eigenvalue weighted by molar-refractivity contribution is 0.0944. The fourth-order valence-corrected chi connectivity index (χ4v) is 2.71. The molecule has 1 amide bonds. The minimum Gasteiger partial charge on any atom is -0.350 e. The number of hydrogen-bond donors (Lipinski definition) is 1. The molecule has 1 aromatic heterocycles. The van der Waals surface area contributed by atoms with Gasteiger partial charge >= 0.3 is 0 Å². The minimum absolute atomic E-state index is 0.108. The molecule has 1 N–H and O–H groups in total. The van der Waals surface area contributed by atoms with Crippen molar-refractivity contribution in [1.82, 2.24) is 10.3 Å². The van der Waals surface area contributed by atoms with Crippen molar-refractivity contribution in [2.45, 2.75) is 20.3 Å². The van der Waals surface area contributed by atoms with E-state index in [1.165, 1.54) is 11.3 Å². The van der Waals surface area contributed by atoms with Crippen LogP contribution in [0.3, 0.4) is 0 Å². The van der Waals surface area contributed by atoms with Gasteiger partial charge in [0.25, 0.3) is 5.91 Å². The Morgan fingerprint density at radius 3 is 2.95 bits per heavy atom. The number of hydrogen-bond acceptors (Lipinski definition) is 3. The quantitative estimate of drug-likeness (QED) is 0.942. The molecule has 0 saturated carbocycles. The Kier molecular flexibility index (Phi) is 4.09. The lowest BCUT2D eigenvalue weighted by Crippen LogP contribution is -2.28. The van der Waals surface area contributed by atoms with Crippen LogP contribution in [0.25, 0.3) is 0 Å². The van der Waals surface area contributed by atoms with Gasteiger partial charge in [-0.3, -0.25) is 9.78 Å². The molecule has 2 aromatic rings. The maximum atomic E-state index is 12.2. The number of rotatable bonds is 4.